The van der Waals surface area contributed by atoms with Crippen molar-refractivity contribution in [2.45, 2.75) is 19.9 Å². The second kappa shape index (κ2) is 9.55. The summed E-state index contributed by atoms with van der Waals surface area (Å²) in [7, 11) is 0. The minimum absolute atomic E-state index is 0.0102. The van der Waals surface area contributed by atoms with Crippen LogP contribution in [0.1, 0.15) is 17.5 Å². The highest BCUT2D eigenvalue weighted by Gasteiger charge is 2.04. The molecule has 0 aromatic heterocycles. The molecule has 0 fully saturated rings. The zero-order valence-electron chi connectivity index (χ0n) is 15.4. The molecule has 3 aromatic rings. The van der Waals surface area contributed by atoms with Gasteiger partial charge in [0.2, 0.25) is 5.91 Å². The Morgan fingerprint density at radius 1 is 0.852 bits per heavy atom. The van der Waals surface area contributed by atoms with Crippen LogP contribution in [0.3, 0.4) is 0 Å². The van der Waals surface area contributed by atoms with E-state index < -0.39 is 0 Å². The van der Waals surface area contributed by atoms with E-state index in [0.717, 1.165) is 23.7 Å². The van der Waals surface area contributed by atoms with Crippen LogP contribution in [0.25, 0.3) is 0 Å². The molecule has 0 saturated carbocycles. The summed E-state index contributed by atoms with van der Waals surface area (Å²) in [6.45, 7) is 3.50. The lowest BCUT2D eigenvalue weighted by Gasteiger charge is -2.09. The first-order chi connectivity index (χ1) is 13.2. The molecular weight excluding hydrogens is 336 g/mol. The van der Waals surface area contributed by atoms with Gasteiger partial charge >= 0.3 is 0 Å². The second-order valence-corrected chi connectivity index (χ2v) is 6.34. The Balaban J connectivity index is 1.41. The zero-order chi connectivity index (χ0) is 18.9. The van der Waals surface area contributed by atoms with Crippen molar-refractivity contribution < 1.29 is 9.53 Å². The lowest BCUT2D eigenvalue weighted by atomic mass is 10.1. The van der Waals surface area contributed by atoms with Gasteiger partial charge in [-0.05, 0) is 54.4 Å². The molecule has 0 aliphatic rings. The number of para-hydroxylation sites is 1. The minimum atomic E-state index is -0.0102. The van der Waals surface area contributed by atoms with E-state index in [-0.39, 0.29) is 5.91 Å². The van der Waals surface area contributed by atoms with Gasteiger partial charge in [0.15, 0.2) is 0 Å². The van der Waals surface area contributed by atoms with E-state index in [1.54, 1.807) is 0 Å². The number of ether oxygens (including phenoxy) is 1. The van der Waals surface area contributed by atoms with Crippen molar-refractivity contribution in [3.05, 3.63) is 90.0 Å². The number of aryl methyl sites for hydroxylation is 1. The highest BCUT2D eigenvalue weighted by Crippen LogP contribution is 2.22. The van der Waals surface area contributed by atoms with E-state index in [1.807, 2.05) is 66.7 Å². The molecule has 4 nitrogen and oxygen atoms in total. The monoisotopic (exact) mass is 360 g/mol. The molecule has 138 valence electrons. The van der Waals surface area contributed by atoms with Crippen LogP contribution in [-0.2, 0) is 11.3 Å². The molecule has 0 radical (unpaired) electrons. The highest BCUT2D eigenvalue weighted by molar-refractivity contribution is 5.90. The molecule has 0 saturated heterocycles. The first-order valence-electron chi connectivity index (χ1n) is 9.09. The van der Waals surface area contributed by atoms with E-state index in [2.05, 4.69) is 29.7 Å². The zero-order valence-corrected chi connectivity index (χ0v) is 15.4. The van der Waals surface area contributed by atoms with Gasteiger partial charge in [0.1, 0.15) is 11.5 Å². The summed E-state index contributed by atoms with van der Waals surface area (Å²) in [6, 6.07) is 25.2. The molecule has 0 spiro atoms. The molecule has 4 heteroatoms. The lowest BCUT2D eigenvalue weighted by molar-refractivity contribution is -0.116. The Bertz CT molecular complexity index is 861. The van der Waals surface area contributed by atoms with Gasteiger partial charge in [-0.1, -0.05) is 42.5 Å². The molecule has 0 heterocycles. The van der Waals surface area contributed by atoms with Gasteiger partial charge in [0.05, 0.1) is 0 Å². The Hall–Kier alpha value is -3.11. The maximum Gasteiger partial charge on any atom is 0.225 e. The van der Waals surface area contributed by atoms with Crippen molar-refractivity contribution in [2.75, 3.05) is 11.9 Å². The first kappa shape index (κ1) is 18.7. The Labute approximate surface area is 160 Å². The van der Waals surface area contributed by atoms with Crippen molar-refractivity contribution >= 4 is 11.6 Å². The van der Waals surface area contributed by atoms with Crippen LogP contribution in [0.15, 0.2) is 78.9 Å². The van der Waals surface area contributed by atoms with Crippen molar-refractivity contribution in [1.82, 2.24) is 5.32 Å². The van der Waals surface area contributed by atoms with Gasteiger partial charge in [-0.25, -0.2) is 0 Å². The normalized spacial score (nSPS) is 10.4. The van der Waals surface area contributed by atoms with Crippen molar-refractivity contribution in [3.63, 3.8) is 0 Å². The van der Waals surface area contributed by atoms with Crippen LogP contribution in [-0.4, -0.2) is 12.5 Å². The van der Waals surface area contributed by atoms with E-state index in [9.17, 15) is 4.79 Å². The molecule has 0 bridgehead atoms. The van der Waals surface area contributed by atoms with E-state index in [1.165, 1.54) is 11.1 Å². The number of hydrogen-bond acceptors (Lipinski definition) is 3. The summed E-state index contributed by atoms with van der Waals surface area (Å²) in [4.78, 5) is 12.1. The van der Waals surface area contributed by atoms with Gasteiger partial charge in [-0.3, -0.25) is 4.79 Å². The van der Waals surface area contributed by atoms with Crippen LogP contribution in [0.2, 0.25) is 0 Å². The predicted molar refractivity (Wildman–Crippen MR) is 109 cm³/mol. The largest absolute Gasteiger partial charge is 0.457 e. The molecule has 3 rings (SSSR count). The van der Waals surface area contributed by atoms with Crippen LogP contribution >= 0.6 is 0 Å². The number of rotatable bonds is 8. The van der Waals surface area contributed by atoms with Crippen LogP contribution in [0.4, 0.5) is 5.69 Å². The summed E-state index contributed by atoms with van der Waals surface area (Å²) >= 11 is 0. The average Bonchev–Trinajstić information content (AvgIpc) is 2.69. The Morgan fingerprint density at radius 2 is 1.52 bits per heavy atom. The topological polar surface area (TPSA) is 50.4 Å². The summed E-state index contributed by atoms with van der Waals surface area (Å²) in [5.41, 5.74) is 3.28. The number of amides is 1. The molecule has 0 atom stereocenters. The predicted octanol–water partition coefficient (Wildman–Crippen LogP) is 4.91. The van der Waals surface area contributed by atoms with Gasteiger partial charge in [0.25, 0.3) is 0 Å². The average molecular weight is 360 g/mol. The summed E-state index contributed by atoms with van der Waals surface area (Å²) in [5.74, 6) is 1.51. The number of nitrogens with one attached hydrogen (secondary N) is 2. The fourth-order valence-electron chi connectivity index (χ4n) is 2.69. The van der Waals surface area contributed by atoms with Crippen molar-refractivity contribution in [1.29, 1.82) is 0 Å². The molecule has 0 aliphatic carbocycles. The molecule has 0 unspecified atom stereocenters. The van der Waals surface area contributed by atoms with Gasteiger partial charge in [0, 0.05) is 25.2 Å². The quantitative estimate of drug-likeness (QED) is 0.562. The number of carbonyl (C=O) groups is 1. The molecule has 1 amide bonds. The number of carbonyl (C=O) groups excluding carboxylic acids is 1. The second-order valence-electron chi connectivity index (χ2n) is 6.34. The molecule has 27 heavy (non-hydrogen) atoms. The summed E-state index contributed by atoms with van der Waals surface area (Å²) in [6.07, 6.45) is 0.425. The van der Waals surface area contributed by atoms with E-state index in [4.69, 9.17) is 4.74 Å². The highest BCUT2D eigenvalue weighted by atomic mass is 16.5. The standard InChI is InChI=1S/C23H24N2O2/c1-18-7-5-6-8-19(18)17-24-16-15-23(26)25-20-11-13-22(14-12-20)27-21-9-3-2-4-10-21/h2-14,24H,15-17H2,1H3,(H,25,26). The third-order valence-corrected chi connectivity index (χ3v) is 4.22. The van der Waals surface area contributed by atoms with Gasteiger partial charge < -0.3 is 15.4 Å². The van der Waals surface area contributed by atoms with Gasteiger partial charge in [-0.2, -0.15) is 0 Å². The number of hydrogen-bond donors (Lipinski definition) is 2. The summed E-state index contributed by atoms with van der Waals surface area (Å²) < 4.78 is 5.75. The smallest absolute Gasteiger partial charge is 0.225 e. The minimum Gasteiger partial charge on any atom is -0.457 e. The van der Waals surface area contributed by atoms with Crippen LogP contribution < -0.4 is 15.4 Å². The third-order valence-electron chi connectivity index (χ3n) is 4.22. The maximum absolute atomic E-state index is 12.1. The molecule has 0 aliphatic heterocycles. The number of benzene rings is 3. The molecule has 3 aromatic carbocycles. The third kappa shape index (κ3) is 5.97. The fraction of sp³-hybridized carbons (Fsp3) is 0.174. The van der Waals surface area contributed by atoms with Crippen LogP contribution in [0, 0.1) is 6.92 Å². The van der Waals surface area contributed by atoms with Crippen LogP contribution in [0.5, 0.6) is 11.5 Å². The molecular formula is C23H24N2O2. The van der Waals surface area contributed by atoms with E-state index in [0.29, 0.717) is 13.0 Å². The Kier molecular flexibility index (Phi) is 6.61. The van der Waals surface area contributed by atoms with E-state index >= 15 is 0 Å². The lowest BCUT2D eigenvalue weighted by Crippen LogP contribution is -2.21. The summed E-state index contributed by atoms with van der Waals surface area (Å²) in [5, 5.41) is 6.22. The van der Waals surface area contributed by atoms with Gasteiger partial charge in [-0.15, -0.1) is 0 Å². The van der Waals surface area contributed by atoms with Crippen molar-refractivity contribution in [2.24, 2.45) is 0 Å². The number of anilines is 1. The first-order valence-corrected chi connectivity index (χ1v) is 9.09. The Morgan fingerprint density at radius 3 is 2.26 bits per heavy atom. The molecule has 2 N–H and O–H groups in total. The maximum atomic E-state index is 12.1. The van der Waals surface area contributed by atoms with Crippen molar-refractivity contribution in [3.8, 4) is 11.5 Å². The fourth-order valence-corrected chi connectivity index (χ4v) is 2.69. The SMILES string of the molecule is Cc1ccccc1CNCCC(=O)Nc1ccc(Oc2ccccc2)cc1.